The number of nitrogens with zero attached hydrogens (tertiary/aromatic N) is 1. The molecule has 3 rings (SSSR count). The first-order valence-electron chi connectivity index (χ1n) is 7.10. The second kappa shape index (κ2) is 5.02. The first-order valence-corrected chi connectivity index (χ1v) is 7.90. The summed E-state index contributed by atoms with van der Waals surface area (Å²) in [5, 5.41) is 0. The van der Waals surface area contributed by atoms with Gasteiger partial charge >= 0.3 is 0 Å². The summed E-state index contributed by atoms with van der Waals surface area (Å²) < 4.78 is 1.08. The number of likely N-dealkylation sites (N-methyl/N-ethyl adjacent to an activating group) is 1. The number of carbonyl (C=O) groups excluding carboxylic acids is 1. The molecule has 3 heteroatoms. The molecule has 0 aliphatic heterocycles. The van der Waals surface area contributed by atoms with Crippen molar-refractivity contribution >= 4 is 21.7 Å². The lowest BCUT2D eigenvalue weighted by atomic mass is 9.80. The predicted molar refractivity (Wildman–Crippen MR) is 80.6 cm³/mol. The summed E-state index contributed by atoms with van der Waals surface area (Å²) in [6, 6.07) is 6.06. The molecule has 0 radical (unpaired) electrons. The highest BCUT2D eigenvalue weighted by atomic mass is 79.9. The van der Waals surface area contributed by atoms with Gasteiger partial charge in [0.1, 0.15) is 0 Å². The minimum atomic E-state index is 0.0670. The lowest BCUT2D eigenvalue weighted by molar-refractivity contribution is 0.0808. The number of Topliss-reactive ketones (excluding diaryl/α,β-unsaturated/α-hetero) is 1. The van der Waals surface area contributed by atoms with E-state index in [-0.39, 0.29) is 6.04 Å². The van der Waals surface area contributed by atoms with E-state index < -0.39 is 0 Å². The zero-order chi connectivity index (χ0) is 13.6. The molecule has 1 aromatic rings. The van der Waals surface area contributed by atoms with Crippen molar-refractivity contribution in [1.82, 2.24) is 4.90 Å². The Labute approximate surface area is 123 Å². The van der Waals surface area contributed by atoms with Gasteiger partial charge < -0.3 is 0 Å². The fraction of sp³-hybridized carbons (Fsp3) is 0.562. The van der Waals surface area contributed by atoms with E-state index in [9.17, 15) is 4.79 Å². The summed E-state index contributed by atoms with van der Waals surface area (Å²) in [6.45, 7) is 3.31. The molecule has 0 aromatic heterocycles. The normalized spacial score (nSPS) is 26.6. The summed E-state index contributed by atoms with van der Waals surface area (Å²) in [4.78, 5) is 15.0. The van der Waals surface area contributed by atoms with E-state index in [1.807, 2.05) is 18.2 Å². The summed E-state index contributed by atoms with van der Waals surface area (Å²) in [7, 11) is 2.11. The van der Waals surface area contributed by atoms with Gasteiger partial charge in [-0.05, 0) is 49.8 Å². The monoisotopic (exact) mass is 321 g/mol. The number of halogens is 1. The summed E-state index contributed by atoms with van der Waals surface area (Å²) in [5.41, 5.74) is 2.12. The Hall–Kier alpha value is -0.670. The zero-order valence-corrected chi connectivity index (χ0v) is 13.1. The van der Waals surface area contributed by atoms with Gasteiger partial charge in [-0.1, -0.05) is 35.0 Å². The molecule has 1 saturated carbocycles. The van der Waals surface area contributed by atoms with Gasteiger partial charge in [-0.25, -0.2) is 0 Å². The van der Waals surface area contributed by atoms with Crippen molar-refractivity contribution in [2.45, 2.75) is 38.1 Å². The zero-order valence-electron chi connectivity index (χ0n) is 11.5. The Morgan fingerprint density at radius 3 is 2.79 bits per heavy atom. The van der Waals surface area contributed by atoms with Crippen molar-refractivity contribution in [2.24, 2.45) is 5.92 Å². The maximum absolute atomic E-state index is 12.7. The SMILES string of the molecule is CC1CC(N(C)CC2CC2)C(=O)c2cccc(Br)c21. The number of carbonyl (C=O) groups is 1. The number of benzene rings is 1. The molecule has 0 bridgehead atoms. The van der Waals surface area contributed by atoms with Crippen LogP contribution in [0.5, 0.6) is 0 Å². The molecule has 1 aromatic carbocycles. The van der Waals surface area contributed by atoms with E-state index >= 15 is 0 Å². The van der Waals surface area contributed by atoms with Crippen molar-refractivity contribution in [3.8, 4) is 0 Å². The smallest absolute Gasteiger partial charge is 0.180 e. The molecule has 0 amide bonds. The second-order valence-electron chi connectivity index (χ2n) is 6.10. The molecule has 0 spiro atoms. The third-order valence-corrected chi connectivity index (χ3v) is 5.16. The molecule has 19 heavy (non-hydrogen) atoms. The van der Waals surface area contributed by atoms with E-state index in [0.717, 1.165) is 28.9 Å². The van der Waals surface area contributed by atoms with Crippen LogP contribution in [0.2, 0.25) is 0 Å². The predicted octanol–water partition coefficient (Wildman–Crippen LogP) is 3.85. The van der Waals surface area contributed by atoms with Crippen molar-refractivity contribution in [3.63, 3.8) is 0 Å². The van der Waals surface area contributed by atoms with Gasteiger partial charge in [-0.15, -0.1) is 0 Å². The minimum absolute atomic E-state index is 0.0670. The van der Waals surface area contributed by atoms with Crippen LogP contribution in [0.3, 0.4) is 0 Å². The van der Waals surface area contributed by atoms with Crippen LogP contribution < -0.4 is 0 Å². The lowest BCUT2D eigenvalue weighted by Gasteiger charge is -2.34. The maximum atomic E-state index is 12.7. The lowest BCUT2D eigenvalue weighted by Crippen LogP contribution is -2.43. The van der Waals surface area contributed by atoms with Gasteiger partial charge in [0.25, 0.3) is 0 Å². The number of ketones is 1. The first kappa shape index (κ1) is 13.3. The first-order chi connectivity index (χ1) is 9.08. The molecule has 0 heterocycles. The Kier molecular flexibility index (Phi) is 3.52. The average molecular weight is 322 g/mol. The second-order valence-corrected chi connectivity index (χ2v) is 6.96. The third-order valence-electron chi connectivity index (χ3n) is 4.47. The number of rotatable bonds is 3. The highest BCUT2D eigenvalue weighted by Crippen LogP contribution is 2.38. The van der Waals surface area contributed by atoms with E-state index in [1.54, 1.807) is 0 Å². The molecule has 1 fully saturated rings. The van der Waals surface area contributed by atoms with Gasteiger partial charge in [0.15, 0.2) is 5.78 Å². The van der Waals surface area contributed by atoms with Gasteiger partial charge in [-0.2, -0.15) is 0 Å². The van der Waals surface area contributed by atoms with E-state index in [1.165, 1.54) is 18.4 Å². The topological polar surface area (TPSA) is 20.3 Å². The Balaban J connectivity index is 1.88. The Bertz CT molecular complexity index is 509. The molecular formula is C16H20BrNO. The van der Waals surface area contributed by atoms with Gasteiger partial charge in [0, 0.05) is 16.6 Å². The van der Waals surface area contributed by atoms with Gasteiger partial charge in [0.05, 0.1) is 6.04 Å². The van der Waals surface area contributed by atoms with Gasteiger partial charge in [0.2, 0.25) is 0 Å². The van der Waals surface area contributed by atoms with Crippen molar-refractivity contribution in [2.75, 3.05) is 13.6 Å². The Morgan fingerprint density at radius 1 is 1.37 bits per heavy atom. The largest absolute Gasteiger partial charge is 0.296 e. The molecule has 2 aliphatic rings. The van der Waals surface area contributed by atoms with Gasteiger partial charge in [-0.3, -0.25) is 9.69 Å². The fourth-order valence-corrected chi connectivity index (χ4v) is 3.96. The highest BCUT2D eigenvalue weighted by Gasteiger charge is 2.36. The Morgan fingerprint density at radius 2 is 2.11 bits per heavy atom. The van der Waals surface area contributed by atoms with Crippen LogP contribution in [0, 0.1) is 5.92 Å². The van der Waals surface area contributed by atoms with E-state index in [2.05, 4.69) is 34.8 Å². The van der Waals surface area contributed by atoms with E-state index in [4.69, 9.17) is 0 Å². The van der Waals surface area contributed by atoms with Crippen LogP contribution in [0.25, 0.3) is 0 Å². The molecule has 2 nitrogen and oxygen atoms in total. The molecule has 2 atom stereocenters. The molecule has 2 unspecified atom stereocenters. The van der Waals surface area contributed by atoms with Crippen molar-refractivity contribution in [1.29, 1.82) is 0 Å². The van der Waals surface area contributed by atoms with Crippen LogP contribution in [0.4, 0.5) is 0 Å². The van der Waals surface area contributed by atoms with E-state index in [0.29, 0.717) is 11.7 Å². The summed E-state index contributed by atoms with van der Waals surface area (Å²) in [6.07, 6.45) is 3.61. The number of hydrogen-bond acceptors (Lipinski definition) is 2. The standard InChI is InChI=1S/C16H20BrNO/c1-10-8-14(18(2)9-11-6-7-11)16(19)12-4-3-5-13(17)15(10)12/h3-5,10-11,14H,6-9H2,1-2H3. The van der Waals surface area contributed by atoms with Crippen LogP contribution in [0.15, 0.2) is 22.7 Å². The molecule has 102 valence electrons. The maximum Gasteiger partial charge on any atom is 0.180 e. The van der Waals surface area contributed by atoms with Crippen molar-refractivity contribution < 1.29 is 4.79 Å². The molecule has 2 aliphatic carbocycles. The summed E-state index contributed by atoms with van der Waals surface area (Å²) >= 11 is 3.59. The molecule has 0 N–H and O–H groups in total. The van der Waals surface area contributed by atoms with Crippen LogP contribution >= 0.6 is 15.9 Å². The minimum Gasteiger partial charge on any atom is -0.296 e. The van der Waals surface area contributed by atoms with Crippen LogP contribution in [-0.4, -0.2) is 30.3 Å². The number of hydrogen-bond donors (Lipinski definition) is 0. The average Bonchev–Trinajstić information content (AvgIpc) is 3.17. The highest BCUT2D eigenvalue weighted by molar-refractivity contribution is 9.10. The molecule has 0 saturated heterocycles. The van der Waals surface area contributed by atoms with Crippen molar-refractivity contribution in [3.05, 3.63) is 33.8 Å². The number of fused-ring (bicyclic) bond motifs is 1. The quantitative estimate of drug-likeness (QED) is 0.842. The third kappa shape index (κ3) is 2.50. The van der Waals surface area contributed by atoms with Crippen LogP contribution in [-0.2, 0) is 0 Å². The van der Waals surface area contributed by atoms with Crippen LogP contribution in [0.1, 0.15) is 48.0 Å². The summed E-state index contributed by atoms with van der Waals surface area (Å²) in [5.74, 6) is 1.57. The molecular weight excluding hydrogens is 302 g/mol. The fourth-order valence-electron chi connectivity index (χ4n) is 3.21.